The van der Waals surface area contributed by atoms with Crippen molar-refractivity contribution < 1.29 is 22.7 Å². The number of hydrogen-bond donors (Lipinski definition) is 2. The highest BCUT2D eigenvalue weighted by molar-refractivity contribution is 7.89. The van der Waals surface area contributed by atoms with Crippen molar-refractivity contribution in [3.05, 3.63) is 29.8 Å². The molecule has 0 spiro atoms. The van der Waals surface area contributed by atoms with Gasteiger partial charge in [0.05, 0.1) is 24.7 Å². The summed E-state index contributed by atoms with van der Waals surface area (Å²) in [5, 5.41) is 5.35. The largest absolute Gasteiger partial charge is 0.379 e. The second-order valence-electron chi connectivity index (χ2n) is 6.97. The fourth-order valence-corrected chi connectivity index (χ4v) is 4.37. The minimum atomic E-state index is -3.52. The van der Waals surface area contributed by atoms with Crippen molar-refractivity contribution in [1.29, 1.82) is 0 Å². The standard InChI is InChI=1S/C18H25N3O5S/c1-13-10-16(13)18(23)20-12-17(22)19-11-14-2-4-15(5-3-14)27(24,25)21-6-8-26-9-7-21/h2-5,13,16H,6-12H2,1H3,(H,19,22)(H,20,23)/t13-,16+/m1/s1. The van der Waals surface area contributed by atoms with E-state index >= 15 is 0 Å². The van der Waals surface area contributed by atoms with Crippen LogP contribution in [0.1, 0.15) is 18.9 Å². The van der Waals surface area contributed by atoms with E-state index in [-0.39, 0.29) is 35.7 Å². The molecule has 9 heteroatoms. The summed E-state index contributed by atoms with van der Waals surface area (Å²) >= 11 is 0. The van der Waals surface area contributed by atoms with E-state index in [9.17, 15) is 18.0 Å². The van der Waals surface area contributed by atoms with Crippen LogP contribution in [0.4, 0.5) is 0 Å². The molecule has 1 aliphatic heterocycles. The second kappa shape index (κ2) is 8.37. The quantitative estimate of drug-likeness (QED) is 0.681. The van der Waals surface area contributed by atoms with Gasteiger partial charge < -0.3 is 15.4 Å². The Morgan fingerprint density at radius 3 is 2.37 bits per heavy atom. The van der Waals surface area contributed by atoms with Gasteiger partial charge >= 0.3 is 0 Å². The number of ether oxygens (including phenoxy) is 1. The number of hydrogen-bond acceptors (Lipinski definition) is 5. The lowest BCUT2D eigenvalue weighted by molar-refractivity contribution is -0.127. The van der Waals surface area contributed by atoms with Crippen LogP contribution in [-0.2, 0) is 30.9 Å². The predicted molar refractivity (Wildman–Crippen MR) is 98.1 cm³/mol. The van der Waals surface area contributed by atoms with Crippen molar-refractivity contribution in [2.75, 3.05) is 32.8 Å². The van der Waals surface area contributed by atoms with Gasteiger partial charge in [-0.15, -0.1) is 0 Å². The third-order valence-corrected chi connectivity index (χ3v) is 6.80. The summed E-state index contributed by atoms with van der Waals surface area (Å²) in [4.78, 5) is 23.8. The summed E-state index contributed by atoms with van der Waals surface area (Å²) < 4.78 is 31.7. The molecule has 27 heavy (non-hydrogen) atoms. The molecule has 1 saturated heterocycles. The van der Waals surface area contributed by atoms with Crippen molar-refractivity contribution in [1.82, 2.24) is 14.9 Å². The highest BCUT2D eigenvalue weighted by Crippen LogP contribution is 2.37. The number of rotatable bonds is 7. The van der Waals surface area contributed by atoms with E-state index in [1.165, 1.54) is 4.31 Å². The lowest BCUT2D eigenvalue weighted by atomic mass is 10.2. The highest BCUT2D eigenvalue weighted by atomic mass is 32.2. The van der Waals surface area contributed by atoms with Gasteiger partial charge in [-0.05, 0) is 30.0 Å². The Kier molecular flexibility index (Phi) is 6.13. The third kappa shape index (κ3) is 5.06. The number of carbonyl (C=O) groups is 2. The van der Waals surface area contributed by atoms with Crippen molar-refractivity contribution >= 4 is 21.8 Å². The molecule has 0 radical (unpaired) electrons. The van der Waals surface area contributed by atoms with Crippen molar-refractivity contribution in [2.45, 2.75) is 24.8 Å². The molecule has 1 aromatic carbocycles. The Labute approximate surface area is 159 Å². The molecule has 1 saturated carbocycles. The third-order valence-electron chi connectivity index (χ3n) is 4.89. The van der Waals surface area contributed by atoms with Crippen LogP contribution >= 0.6 is 0 Å². The van der Waals surface area contributed by atoms with Gasteiger partial charge in [0.25, 0.3) is 0 Å². The molecule has 0 unspecified atom stereocenters. The minimum Gasteiger partial charge on any atom is -0.379 e. The zero-order valence-electron chi connectivity index (χ0n) is 15.3. The molecule has 1 heterocycles. The van der Waals surface area contributed by atoms with E-state index in [2.05, 4.69) is 10.6 Å². The molecule has 1 aliphatic carbocycles. The number of amides is 2. The molecule has 0 aromatic heterocycles. The van der Waals surface area contributed by atoms with Crippen molar-refractivity contribution in [2.24, 2.45) is 11.8 Å². The van der Waals surface area contributed by atoms with Gasteiger partial charge in [0.1, 0.15) is 0 Å². The smallest absolute Gasteiger partial charge is 0.243 e. The molecule has 2 amide bonds. The van der Waals surface area contributed by atoms with Gasteiger partial charge in [0.2, 0.25) is 21.8 Å². The lowest BCUT2D eigenvalue weighted by Gasteiger charge is -2.26. The number of benzene rings is 1. The zero-order valence-corrected chi connectivity index (χ0v) is 16.1. The van der Waals surface area contributed by atoms with Gasteiger partial charge in [-0.1, -0.05) is 19.1 Å². The van der Waals surface area contributed by atoms with E-state index in [0.717, 1.165) is 12.0 Å². The highest BCUT2D eigenvalue weighted by Gasteiger charge is 2.38. The van der Waals surface area contributed by atoms with Crippen molar-refractivity contribution in [3.8, 4) is 0 Å². The van der Waals surface area contributed by atoms with E-state index in [0.29, 0.717) is 32.2 Å². The first kappa shape index (κ1) is 19.8. The van der Waals surface area contributed by atoms with Crippen LogP contribution in [0.2, 0.25) is 0 Å². The average Bonchev–Trinajstić information content (AvgIpc) is 3.42. The molecule has 8 nitrogen and oxygen atoms in total. The summed E-state index contributed by atoms with van der Waals surface area (Å²) in [7, 11) is -3.52. The van der Waals surface area contributed by atoms with Gasteiger partial charge in [0.15, 0.2) is 0 Å². The van der Waals surface area contributed by atoms with Gasteiger partial charge in [-0.2, -0.15) is 4.31 Å². The fraction of sp³-hybridized carbons (Fsp3) is 0.556. The van der Waals surface area contributed by atoms with E-state index in [4.69, 9.17) is 4.74 Å². The predicted octanol–water partition coefficient (Wildman–Crippen LogP) is 0.0959. The molecule has 2 fully saturated rings. The molecule has 0 bridgehead atoms. The van der Waals surface area contributed by atoms with Crippen LogP contribution in [0.15, 0.2) is 29.2 Å². The van der Waals surface area contributed by atoms with Crippen LogP contribution in [0.25, 0.3) is 0 Å². The Bertz CT molecular complexity index is 788. The maximum absolute atomic E-state index is 12.6. The van der Waals surface area contributed by atoms with Crippen LogP contribution in [0.5, 0.6) is 0 Å². The Balaban J connectivity index is 1.47. The number of morpholine rings is 1. The lowest BCUT2D eigenvalue weighted by Crippen LogP contribution is -2.40. The van der Waals surface area contributed by atoms with Gasteiger partial charge in [-0.3, -0.25) is 9.59 Å². The van der Waals surface area contributed by atoms with E-state index in [1.807, 2.05) is 6.92 Å². The maximum Gasteiger partial charge on any atom is 0.243 e. The number of sulfonamides is 1. The SMILES string of the molecule is C[C@@H]1C[C@@H]1C(=O)NCC(=O)NCc1ccc(S(=O)(=O)N2CCOCC2)cc1. The molecule has 2 atom stereocenters. The monoisotopic (exact) mass is 395 g/mol. The van der Waals surface area contributed by atoms with Crippen LogP contribution in [0.3, 0.4) is 0 Å². The first-order valence-corrected chi connectivity index (χ1v) is 10.5. The summed E-state index contributed by atoms with van der Waals surface area (Å²) in [6.07, 6.45) is 0.882. The number of carbonyl (C=O) groups excluding carboxylic acids is 2. The average molecular weight is 395 g/mol. The zero-order chi connectivity index (χ0) is 19.4. The summed E-state index contributed by atoms with van der Waals surface area (Å²) in [6.45, 7) is 3.74. The maximum atomic E-state index is 12.6. The molecular formula is C18H25N3O5S. The first-order chi connectivity index (χ1) is 12.9. The molecule has 3 rings (SSSR count). The Hall–Kier alpha value is -1.97. The normalized spacial score (nSPS) is 22.9. The summed E-state index contributed by atoms with van der Waals surface area (Å²) in [6, 6.07) is 6.45. The number of nitrogens with one attached hydrogen (secondary N) is 2. The summed E-state index contributed by atoms with van der Waals surface area (Å²) in [5.41, 5.74) is 0.784. The number of nitrogens with zero attached hydrogens (tertiary/aromatic N) is 1. The van der Waals surface area contributed by atoms with Gasteiger partial charge in [-0.25, -0.2) is 8.42 Å². The topological polar surface area (TPSA) is 105 Å². The van der Waals surface area contributed by atoms with Crippen molar-refractivity contribution in [3.63, 3.8) is 0 Å². The van der Waals surface area contributed by atoms with Crippen LogP contribution in [0, 0.1) is 11.8 Å². The molecule has 2 N–H and O–H groups in total. The summed E-state index contributed by atoms with van der Waals surface area (Å²) in [5.74, 6) is 0.0936. The fourth-order valence-electron chi connectivity index (χ4n) is 2.96. The molecule has 1 aromatic rings. The van der Waals surface area contributed by atoms with E-state index in [1.54, 1.807) is 24.3 Å². The molecule has 148 valence electrons. The van der Waals surface area contributed by atoms with Gasteiger partial charge in [0, 0.05) is 25.6 Å². The molecular weight excluding hydrogens is 370 g/mol. The van der Waals surface area contributed by atoms with Crippen LogP contribution < -0.4 is 10.6 Å². The Morgan fingerprint density at radius 1 is 1.15 bits per heavy atom. The van der Waals surface area contributed by atoms with E-state index < -0.39 is 10.0 Å². The first-order valence-electron chi connectivity index (χ1n) is 9.09. The van der Waals surface area contributed by atoms with Crippen LogP contribution in [-0.4, -0.2) is 57.4 Å². The minimum absolute atomic E-state index is 0.0405. The Morgan fingerprint density at radius 2 is 1.78 bits per heavy atom. The second-order valence-corrected chi connectivity index (χ2v) is 8.91. The molecule has 2 aliphatic rings.